The molecule has 2 rings (SSSR count). The summed E-state index contributed by atoms with van der Waals surface area (Å²) >= 11 is 11.8. The predicted octanol–water partition coefficient (Wildman–Crippen LogP) is 3.13. The number of halogens is 1. The first-order valence-corrected chi connectivity index (χ1v) is 8.83. The lowest BCUT2D eigenvalue weighted by Gasteiger charge is -2.24. The number of thiocarbonyl (C=S) groups is 1. The molecule has 0 saturated heterocycles. The second kappa shape index (κ2) is 8.47. The number of rotatable bonds is 5. The molecule has 2 aromatic rings. The molecule has 24 heavy (non-hydrogen) atoms. The molecule has 0 heterocycles. The normalized spacial score (nSPS) is 12.1. The topological polar surface area (TPSA) is 28.5 Å². The van der Waals surface area contributed by atoms with Gasteiger partial charge in [0.25, 0.3) is 0 Å². The summed E-state index contributed by atoms with van der Waals surface area (Å²) in [5.74, 6) is 0. The Bertz CT molecular complexity index is 716. The number of hydrogen-bond donors (Lipinski definition) is 3. The Balaban J connectivity index is 2.03. The van der Waals surface area contributed by atoms with Crippen LogP contribution in [-0.4, -0.2) is 25.8 Å². The molecule has 0 aromatic heterocycles. The molecule has 0 saturated carbocycles. The third kappa shape index (κ3) is 4.94. The molecule has 0 unspecified atom stereocenters. The summed E-state index contributed by atoms with van der Waals surface area (Å²) in [6.07, 6.45) is 0. The molecule has 0 aliphatic rings. The summed E-state index contributed by atoms with van der Waals surface area (Å²) in [6, 6.07) is 14.5. The summed E-state index contributed by atoms with van der Waals surface area (Å²) in [6.45, 7) is 4.85. The highest BCUT2D eigenvalue weighted by Gasteiger charge is 2.20. The molecular formula is C19H25ClN3S+. The Kier molecular flexibility index (Phi) is 6.60. The lowest BCUT2D eigenvalue weighted by atomic mass is 10.1. The molecule has 5 heteroatoms. The first-order chi connectivity index (χ1) is 11.4. The first-order valence-electron chi connectivity index (χ1n) is 8.05. The molecule has 0 spiro atoms. The molecule has 1 atom stereocenters. The van der Waals surface area contributed by atoms with Crippen molar-refractivity contribution >= 4 is 34.6 Å². The molecule has 128 valence electrons. The van der Waals surface area contributed by atoms with Gasteiger partial charge in [-0.2, -0.15) is 0 Å². The largest absolute Gasteiger partial charge is 0.356 e. The zero-order valence-electron chi connectivity index (χ0n) is 14.6. The first kappa shape index (κ1) is 18.7. The van der Waals surface area contributed by atoms with Crippen molar-refractivity contribution in [1.29, 1.82) is 0 Å². The van der Waals surface area contributed by atoms with Crippen molar-refractivity contribution in [2.75, 3.05) is 26.0 Å². The maximum atomic E-state index is 6.36. The van der Waals surface area contributed by atoms with Gasteiger partial charge in [0.15, 0.2) is 5.11 Å². The number of benzene rings is 2. The fourth-order valence-electron chi connectivity index (χ4n) is 2.61. The zero-order valence-corrected chi connectivity index (χ0v) is 16.2. The molecule has 3 nitrogen and oxygen atoms in total. The molecule has 0 aliphatic carbocycles. The average Bonchev–Trinajstić information content (AvgIpc) is 2.52. The number of hydrogen-bond acceptors (Lipinski definition) is 1. The summed E-state index contributed by atoms with van der Waals surface area (Å²) in [5, 5.41) is 8.03. The number of anilines is 1. The van der Waals surface area contributed by atoms with Crippen LogP contribution >= 0.6 is 23.8 Å². The van der Waals surface area contributed by atoms with Crippen LogP contribution in [-0.2, 0) is 0 Å². The minimum Gasteiger partial charge on any atom is -0.356 e. The molecular weight excluding hydrogens is 338 g/mol. The van der Waals surface area contributed by atoms with Gasteiger partial charge in [-0.25, -0.2) is 0 Å². The van der Waals surface area contributed by atoms with E-state index in [1.165, 1.54) is 16.0 Å². The van der Waals surface area contributed by atoms with E-state index in [9.17, 15) is 0 Å². The fourth-order valence-corrected chi connectivity index (χ4v) is 3.08. The van der Waals surface area contributed by atoms with Crippen molar-refractivity contribution in [1.82, 2.24) is 5.32 Å². The second-order valence-electron chi connectivity index (χ2n) is 6.30. The minimum atomic E-state index is 0.219. The average molecular weight is 363 g/mol. The second-order valence-corrected chi connectivity index (χ2v) is 7.12. The van der Waals surface area contributed by atoms with Crippen LogP contribution < -0.4 is 15.5 Å². The van der Waals surface area contributed by atoms with Crippen LogP contribution in [0.2, 0.25) is 5.02 Å². The van der Waals surface area contributed by atoms with Crippen molar-refractivity contribution in [3.63, 3.8) is 0 Å². The van der Waals surface area contributed by atoms with E-state index in [-0.39, 0.29) is 6.04 Å². The highest BCUT2D eigenvalue weighted by molar-refractivity contribution is 7.80. The van der Waals surface area contributed by atoms with Gasteiger partial charge in [-0.1, -0.05) is 41.9 Å². The number of aryl methyl sites for hydroxylation is 2. The van der Waals surface area contributed by atoms with Gasteiger partial charge in [-0.3, -0.25) is 0 Å². The maximum Gasteiger partial charge on any atom is 0.171 e. The van der Waals surface area contributed by atoms with E-state index in [1.807, 2.05) is 18.2 Å². The van der Waals surface area contributed by atoms with Crippen molar-refractivity contribution in [2.24, 2.45) is 0 Å². The van der Waals surface area contributed by atoms with Crippen LogP contribution in [0.3, 0.4) is 0 Å². The Morgan fingerprint density at radius 2 is 1.88 bits per heavy atom. The van der Waals surface area contributed by atoms with E-state index in [1.54, 1.807) is 0 Å². The smallest absolute Gasteiger partial charge is 0.171 e. The third-order valence-electron chi connectivity index (χ3n) is 4.09. The summed E-state index contributed by atoms with van der Waals surface area (Å²) in [5.41, 5.74) is 4.54. The Hall–Kier alpha value is -1.62. The van der Waals surface area contributed by atoms with Crippen LogP contribution in [0.5, 0.6) is 0 Å². The van der Waals surface area contributed by atoms with Gasteiger partial charge in [0.2, 0.25) is 0 Å². The fraction of sp³-hybridized carbons (Fsp3) is 0.316. The minimum absolute atomic E-state index is 0.219. The number of nitrogens with one attached hydrogen (secondary N) is 3. The maximum absolute atomic E-state index is 6.36. The van der Waals surface area contributed by atoms with Gasteiger partial charge >= 0.3 is 0 Å². The van der Waals surface area contributed by atoms with E-state index < -0.39 is 0 Å². The highest BCUT2D eigenvalue weighted by Crippen LogP contribution is 2.20. The number of likely N-dealkylation sites (N-methyl/N-ethyl adjacent to an activating group) is 1. The van der Waals surface area contributed by atoms with Crippen molar-refractivity contribution in [3.05, 3.63) is 64.2 Å². The SMILES string of the molecule is Cc1ccc(C)c(NC(=S)NC[C@@H](c2ccccc2Cl)[NH+](C)C)c1. The van der Waals surface area contributed by atoms with Gasteiger partial charge in [0, 0.05) is 16.3 Å². The lowest BCUT2D eigenvalue weighted by Crippen LogP contribution is -3.07. The van der Waals surface area contributed by atoms with Gasteiger partial charge in [0.05, 0.1) is 20.6 Å². The van der Waals surface area contributed by atoms with Crippen molar-refractivity contribution in [2.45, 2.75) is 19.9 Å². The van der Waals surface area contributed by atoms with Crippen LogP contribution in [0.25, 0.3) is 0 Å². The molecule has 3 N–H and O–H groups in total. The van der Waals surface area contributed by atoms with Gasteiger partial charge in [-0.15, -0.1) is 0 Å². The predicted molar refractivity (Wildman–Crippen MR) is 107 cm³/mol. The standard InChI is InChI=1S/C19H24ClN3S/c1-13-9-10-14(2)17(11-13)22-19(24)21-12-18(23(3)4)15-7-5-6-8-16(15)20/h5-11,18H,12H2,1-4H3,(H2,21,22,24)/p+1/t18-/m0/s1. The highest BCUT2D eigenvalue weighted by atomic mass is 35.5. The van der Waals surface area contributed by atoms with E-state index >= 15 is 0 Å². The van der Waals surface area contributed by atoms with Gasteiger partial charge < -0.3 is 15.5 Å². The third-order valence-corrected chi connectivity index (χ3v) is 4.68. The molecule has 0 amide bonds. The molecule has 0 radical (unpaired) electrons. The van der Waals surface area contributed by atoms with Gasteiger partial charge in [-0.05, 0) is 49.3 Å². The van der Waals surface area contributed by atoms with Gasteiger partial charge in [0.1, 0.15) is 6.04 Å². The summed E-state index contributed by atoms with van der Waals surface area (Å²) in [4.78, 5) is 1.30. The van der Waals surface area contributed by atoms with Crippen LogP contribution in [0.4, 0.5) is 5.69 Å². The molecule has 0 aliphatic heterocycles. The molecule has 0 fully saturated rings. The Labute approximate surface area is 155 Å². The van der Waals surface area contributed by atoms with E-state index in [2.05, 4.69) is 62.8 Å². The van der Waals surface area contributed by atoms with Crippen molar-refractivity contribution < 1.29 is 4.90 Å². The van der Waals surface area contributed by atoms with Crippen LogP contribution in [0.15, 0.2) is 42.5 Å². The van der Waals surface area contributed by atoms with E-state index in [4.69, 9.17) is 23.8 Å². The summed E-state index contributed by atoms with van der Waals surface area (Å²) < 4.78 is 0. The molecule has 0 bridgehead atoms. The lowest BCUT2D eigenvalue weighted by molar-refractivity contribution is -0.890. The van der Waals surface area contributed by atoms with Crippen LogP contribution in [0, 0.1) is 13.8 Å². The van der Waals surface area contributed by atoms with E-state index in [0.717, 1.165) is 16.3 Å². The summed E-state index contributed by atoms with van der Waals surface area (Å²) in [7, 11) is 4.24. The number of quaternary nitrogens is 1. The monoisotopic (exact) mass is 362 g/mol. The van der Waals surface area contributed by atoms with Crippen molar-refractivity contribution in [3.8, 4) is 0 Å². The quantitative estimate of drug-likeness (QED) is 0.714. The Morgan fingerprint density at radius 1 is 1.17 bits per heavy atom. The zero-order chi connectivity index (χ0) is 17.7. The van der Waals surface area contributed by atoms with E-state index in [0.29, 0.717) is 11.7 Å². The molecule has 2 aromatic carbocycles. The van der Waals surface area contributed by atoms with Crippen LogP contribution in [0.1, 0.15) is 22.7 Å². The Morgan fingerprint density at radius 3 is 2.54 bits per heavy atom.